The number of carboxylic acids is 1. The summed E-state index contributed by atoms with van der Waals surface area (Å²) < 4.78 is 37.6. The minimum Gasteiger partial charge on any atom is -0.505 e. The van der Waals surface area contributed by atoms with Crippen molar-refractivity contribution in [1.82, 2.24) is 15.2 Å². The highest BCUT2D eigenvalue weighted by atomic mass is 32.2. The van der Waals surface area contributed by atoms with E-state index in [0.717, 1.165) is 6.07 Å². The maximum atomic E-state index is 11.8. The first-order valence-electron chi connectivity index (χ1n) is 7.62. The van der Waals surface area contributed by atoms with Crippen LogP contribution >= 0.6 is 12.0 Å². The van der Waals surface area contributed by atoms with Crippen LogP contribution in [0.4, 0.5) is 11.6 Å². The molecule has 16 heteroatoms. The highest BCUT2D eigenvalue weighted by Gasteiger charge is 2.23. The number of aromatic amines is 1. The molecule has 0 aliphatic heterocycles. The lowest BCUT2D eigenvalue weighted by molar-refractivity contribution is -0.432. The first-order chi connectivity index (χ1) is 14.1. The van der Waals surface area contributed by atoms with Crippen molar-refractivity contribution in [1.29, 1.82) is 0 Å². The lowest BCUT2D eigenvalue weighted by Gasteiger charge is -2.12. The van der Waals surface area contributed by atoms with Gasteiger partial charge in [0.25, 0.3) is 16.1 Å². The molecule has 30 heavy (non-hydrogen) atoms. The number of phenolic OH excluding ortho intramolecular Hbond substituents is 1. The molecular weight excluding hydrogens is 446 g/mol. The van der Waals surface area contributed by atoms with E-state index in [-0.39, 0.29) is 10.8 Å². The van der Waals surface area contributed by atoms with E-state index in [2.05, 4.69) is 34.8 Å². The topological polar surface area (TPSA) is 217 Å². The van der Waals surface area contributed by atoms with E-state index in [4.69, 9.17) is 10.4 Å². The van der Waals surface area contributed by atoms with Crippen LogP contribution in [0.2, 0.25) is 0 Å². The van der Waals surface area contributed by atoms with Crippen LogP contribution < -0.4 is 0 Å². The minimum atomic E-state index is -4.86. The smallest absolute Gasteiger partial charge is 0.373 e. The van der Waals surface area contributed by atoms with Crippen LogP contribution in [0.25, 0.3) is 10.8 Å². The molecule has 0 atom stereocenters. The van der Waals surface area contributed by atoms with Gasteiger partial charge in [-0.2, -0.15) is 13.4 Å². The summed E-state index contributed by atoms with van der Waals surface area (Å²) in [4.78, 5) is 13.9. The molecule has 1 aromatic heterocycles. The van der Waals surface area contributed by atoms with Gasteiger partial charge in [0.1, 0.15) is 10.6 Å². The Morgan fingerprint density at radius 2 is 2.00 bits per heavy atom. The van der Waals surface area contributed by atoms with Crippen molar-refractivity contribution < 1.29 is 42.6 Å². The number of carboxylic acid groups (broad SMARTS) is 1. The monoisotopic (exact) mass is 457 g/mol. The maximum Gasteiger partial charge on any atom is 0.373 e. The zero-order valence-corrected chi connectivity index (χ0v) is 16.3. The van der Waals surface area contributed by atoms with Gasteiger partial charge in [0.2, 0.25) is 5.82 Å². The van der Waals surface area contributed by atoms with Crippen molar-refractivity contribution in [3.8, 4) is 5.75 Å². The molecule has 14 nitrogen and oxygen atoms in total. The molecule has 0 amide bonds. The first-order valence-corrected chi connectivity index (χ1v) is 9.80. The summed E-state index contributed by atoms with van der Waals surface area (Å²) in [7, 11) is -4.86. The fourth-order valence-electron chi connectivity index (χ4n) is 2.55. The Hall–Kier alpha value is -3.15. The van der Waals surface area contributed by atoms with Crippen LogP contribution in [0, 0.1) is 6.92 Å². The third-order valence-electron chi connectivity index (χ3n) is 3.67. The second-order valence-electron chi connectivity index (χ2n) is 5.60. The second kappa shape index (κ2) is 8.30. The summed E-state index contributed by atoms with van der Waals surface area (Å²) in [5.41, 5.74) is -0.149. The number of hydrogen-bond donors (Lipinski definition) is 5. The Balaban J connectivity index is 2.19. The molecule has 3 aromatic rings. The molecule has 0 unspecified atom stereocenters. The molecule has 5 N–H and O–H groups in total. The number of rotatable bonds is 7. The summed E-state index contributed by atoms with van der Waals surface area (Å²) in [5.74, 6) is -3.00. The number of azo groups is 1. The number of aromatic nitrogens is 3. The Labute approximate surface area is 171 Å². The van der Waals surface area contributed by atoms with Gasteiger partial charge in [0.15, 0.2) is 5.75 Å². The standard InChI is InChI=1S/C14H11N5O9S2/c1-5-2-7(29-28-27-23)3-6-4-8(30(24,25)26)10(11(20)9(5)6)16-18-14-15-12(13(21)22)17-19-14/h2-4,20,23H,1H3,(H,21,22)(H,15,17,19)(H,24,25,26). The average molecular weight is 457 g/mol. The van der Waals surface area contributed by atoms with Crippen molar-refractivity contribution in [2.24, 2.45) is 10.2 Å². The Bertz CT molecular complexity index is 1270. The SMILES string of the molecule is Cc1cc(SOOO)cc2cc(S(=O)(=O)O)c(N=Nc3n[nH]c(C(=O)O)n3)c(O)c12. The van der Waals surface area contributed by atoms with E-state index in [1.807, 2.05) is 0 Å². The van der Waals surface area contributed by atoms with Gasteiger partial charge in [-0.25, -0.2) is 10.1 Å². The molecule has 0 fully saturated rings. The number of aryl methyl sites for hydroxylation is 1. The zero-order chi connectivity index (χ0) is 22.1. The minimum absolute atomic E-state index is 0.187. The molecule has 3 rings (SSSR count). The molecule has 158 valence electrons. The van der Waals surface area contributed by atoms with Crippen LogP contribution in [-0.2, 0) is 19.5 Å². The number of aromatic hydroxyl groups is 1. The molecule has 0 radical (unpaired) electrons. The number of hydrogen-bond acceptors (Lipinski definition) is 12. The summed E-state index contributed by atoms with van der Waals surface area (Å²) in [6, 6.07) is 3.97. The lowest BCUT2D eigenvalue weighted by Crippen LogP contribution is -1.99. The number of carbonyl (C=O) groups is 1. The summed E-state index contributed by atoms with van der Waals surface area (Å²) in [5, 5.41) is 44.3. The summed E-state index contributed by atoms with van der Waals surface area (Å²) in [6.07, 6.45) is 0. The summed E-state index contributed by atoms with van der Waals surface area (Å²) >= 11 is 0.609. The predicted octanol–water partition coefficient (Wildman–Crippen LogP) is 2.76. The molecule has 0 saturated heterocycles. The van der Waals surface area contributed by atoms with Gasteiger partial charge in [0, 0.05) is 10.3 Å². The molecular formula is C14H11N5O9S2. The quantitative estimate of drug-likeness (QED) is 0.114. The number of aromatic carboxylic acids is 1. The van der Waals surface area contributed by atoms with Crippen molar-refractivity contribution in [2.75, 3.05) is 0 Å². The van der Waals surface area contributed by atoms with Gasteiger partial charge in [-0.3, -0.25) is 9.65 Å². The van der Waals surface area contributed by atoms with E-state index in [9.17, 15) is 22.9 Å². The van der Waals surface area contributed by atoms with Crippen molar-refractivity contribution in [2.45, 2.75) is 16.7 Å². The van der Waals surface area contributed by atoms with Crippen molar-refractivity contribution in [3.63, 3.8) is 0 Å². The third-order valence-corrected chi connectivity index (χ3v) is 5.10. The van der Waals surface area contributed by atoms with Gasteiger partial charge >= 0.3 is 5.97 Å². The normalized spacial score (nSPS) is 12.1. The molecule has 0 saturated carbocycles. The molecule has 0 aliphatic carbocycles. The molecule has 0 aliphatic rings. The highest BCUT2D eigenvalue weighted by Crippen LogP contribution is 2.43. The molecule has 0 bridgehead atoms. The number of nitrogens with zero attached hydrogens (tertiary/aromatic N) is 4. The van der Waals surface area contributed by atoms with Gasteiger partial charge in [-0.15, -0.1) is 19.7 Å². The Morgan fingerprint density at radius 1 is 1.27 bits per heavy atom. The average Bonchev–Trinajstić information content (AvgIpc) is 3.13. The van der Waals surface area contributed by atoms with E-state index >= 15 is 0 Å². The Morgan fingerprint density at radius 3 is 2.60 bits per heavy atom. The number of phenols is 1. The number of nitrogens with one attached hydrogen (secondary N) is 1. The lowest BCUT2D eigenvalue weighted by atomic mass is 10.0. The second-order valence-corrected chi connectivity index (χ2v) is 7.76. The van der Waals surface area contributed by atoms with E-state index in [1.54, 1.807) is 6.92 Å². The number of H-pyrrole nitrogens is 1. The van der Waals surface area contributed by atoms with E-state index in [0.29, 0.717) is 22.5 Å². The third kappa shape index (κ3) is 4.37. The van der Waals surface area contributed by atoms with Gasteiger partial charge in [-0.05, 0) is 36.1 Å². The van der Waals surface area contributed by atoms with Gasteiger partial charge in [-0.1, -0.05) is 5.04 Å². The predicted molar refractivity (Wildman–Crippen MR) is 98.3 cm³/mol. The first kappa shape index (κ1) is 21.6. The molecule has 0 spiro atoms. The zero-order valence-electron chi connectivity index (χ0n) is 14.7. The Kier molecular flexibility index (Phi) is 5.97. The molecule has 1 heterocycles. The van der Waals surface area contributed by atoms with Crippen molar-refractivity contribution in [3.05, 3.63) is 29.6 Å². The van der Waals surface area contributed by atoms with Crippen LogP contribution in [0.3, 0.4) is 0 Å². The largest absolute Gasteiger partial charge is 0.505 e. The highest BCUT2D eigenvalue weighted by molar-refractivity contribution is 7.94. The fourth-order valence-corrected chi connectivity index (χ4v) is 3.71. The van der Waals surface area contributed by atoms with Crippen LogP contribution in [0.5, 0.6) is 5.75 Å². The fraction of sp³-hybridized carbons (Fsp3) is 0.0714. The number of fused-ring (bicyclic) bond motifs is 1. The van der Waals surface area contributed by atoms with Crippen LogP contribution in [-0.4, -0.2) is 49.6 Å². The van der Waals surface area contributed by atoms with Gasteiger partial charge in [0.05, 0.1) is 12.0 Å². The number of benzene rings is 2. The van der Waals surface area contributed by atoms with Crippen LogP contribution in [0.1, 0.15) is 16.2 Å². The van der Waals surface area contributed by atoms with Crippen LogP contribution in [0.15, 0.2) is 38.2 Å². The summed E-state index contributed by atoms with van der Waals surface area (Å²) in [6.45, 7) is 1.59. The van der Waals surface area contributed by atoms with Crippen molar-refractivity contribution >= 4 is 50.5 Å². The molecule has 2 aromatic carbocycles. The van der Waals surface area contributed by atoms with E-state index in [1.165, 1.54) is 12.1 Å². The van der Waals surface area contributed by atoms with Gasteiger partial charge < -0.3 is 10.2 Å². The van der Waals surface area contributed by atoms with E-state index < -0.39 is 44.2 Å². The maximum absolute atomic E-state index is 11.8.